The number of nitrogens with one attached hydrogen (secondary N) is 1. The van der Waals surface area contributed by atoms with Crippen molar-refractivity contribution < 1.29 is 4.79 Å². The quantitative estimate of drug-likeness (QED) is 0.607. The molecule has 1 saturated heterocycles. The number of rotatable bonds is 5. The van der Waals surface area contributed by atoms with E-state index in [1.807, 2.05) is 52.5 Å². The van der Waals surface area contributed by atoms with E-state index in [1.54, 1.807) is 22.7 Å². The molecule has 0 atom stereocenters. The molecule has 0 spiro atoms. The molecule has 128 valence electrons. The maximum absolute atomic E-state index is 12.4. The van der Waals surface area contributed by atoms with Crippen LogP contribution in [0.4, 0.5) is 5.69 Å². The van der Waals surface area contributed by atoms with Gasteiger partial charge < -0.3 is 5.32 Å². The lowest BCUT2D eigenvalue weighted by Gasteiger charge is -2.11. The standard InChI is InChI=1S/C18H16N2OS4/c21-16(10-14-11-25-17(20-14)15-5-2-6-22-15)19-13-4-1-3-12(9-13)18-23-7-8-24-18/h1-6,9,11,18H,7-8,10H2,(H,19,21). The Morgan fingerprint density at radius 2 is 2.04 bits per heavy atom. The van der Waals surface area contributed by atoms with Gasteiger partial charge in [0.1, 0.15) is 5.01 Å². The third kappa shape index (κ3) is 4.28. The average molecular weight is 405 g/mol. The number of anilines is 1. The van der Waals surface area contributed by atoms with Crippen LogP contribution in [-0.2, 0) is 11.2 Å². The highest BCUT2D eigenvalue weighted by molar-refractivity contribution is 8.19. The second-order valence-corrected chi connectivity index (χ2v) is 10.1. The van der Waals surface area contributed by atoms with Crippen molar-refractivity contribution in [2.24, 2.45) is 0 Å². The van der Waals surface area contributed by atoms with Crippen LogP contribution in [0.15, 0.2) is 47.2 Å². The number of hydrogen-bond donors (Lipinski definition) is 1. The molecule has 7 heteroatoms. The summed E-state index contributed by atoms with van der Waals surface area (Å²) in [4.78, 5) is 18.1. The van der Waals surface area contributed by atoms with E-state index >= 15 is 0 Å². The first-order chi connectivity index (χ1) is 12.3. The fourth-order valence-electron chi connectivity index (χ4n) is 2.59. The summed E-state index contributed by atoms with van der Waals surface area (Å²) in [6.45, 7) is 0. The minimum absolute atomic E-state index is 0.0214. The van der Waals surface area contributed by atoms with E-state index in [1.165, 1.54) is 17.1 Å². The molecule has 1 amide bonds. The molecule has 0 radical (unpaired) electrons. The Morgan fingerprint density at radius 3 is 2.84 bits per heavy atom. The van der Waals surface area contributed by atoms with Gasteiger partial charge in [-0.3, -0.25) is 4.79 Å². The van der Waals surface area contributed by atoms with E-state index in [4.69, 9.17) is 0 Å². The van der Waals surface area contributed by atoms with E-state index in [-0.39, 0.29) is 5.91 Å². The third-order valence-corrected chi connectivity index (χ3v) is 8.72. The van der Waals surface area contributed by atoms with Crippen molar-refractivity contribution in [1.29, 1.82) is 0 Å². The zero-order valence-electron chi connectivity index (χ0n) is 13.3. The molecular formula is C18H16N2OS4. The Labute approximate surface area is 163 Å². The molecule has 3 nitrogen and oxygen atoms in total. The van der Waals surface area contributed by atoms with Gasteiger partial charge in [-0.2, -0.15) is 0 Å². The minimum Gasteiger partial charge on any atom is -0.326 e. The Balaban J connectivity index is 1.40. The van der Waals surface area contributed by atoms with Crippen LogP contribution in [0.3, 0.4) is 0 Å². The molecule has 25 heavy (non-hydrogen) atoms. The summed E-state index contributed by atoms with van der Waals surface area (Å²) in [6.07, 6.45) is 0.305. The number of carbonyl (C=O) groups is 1. The first-order valence-corrected chi connectivity index (χ1v) is 11.7. The van der Waals surface area contributed by atoms with Gasteiger partial charge in [0.25, 0.3) is 0 Å². The molecule has 0 saturated carbocycles. The molecule has 2 aromatic heterocycles. The topological polar surface area (TPSA) is 42.0 Å². The number of thiazole rings is 1. The highest BCUT2D eigenvalue weighted by atomic mass is 32.2. The van der Waals surface area contributed by atoms with Crippen LogP contribution in [0.1, 0.15) is 15.8 Å². The molecular weight excluding hydrogens is 388 g/mol. The minimum atomic E-state index is -0.0214. The summed E-state index contributed by atoms with van der Waals surface area (Å²) in [7, 11) is 0. The van der Waals surface area contributed by atoms with Gasteiger partial charge in [0.05, 0.1) is 21.6 Å². The lowest BCUT2D eigenvalue weighted by Crippen LogP contribution is -2.14. The maximum Gasteiger partial charge on any atom is 0.230 e. The van der Waals surface area contributed by atoms with Gasteiger partial charge in [-0.1, -0.05) is 18.2 Å². The number of benzene rings is 1. The predicted octanol–water partition coefficient (Wildman–Crippen LogP) is 5.53. The first-order valence-electron chi connectivity index (χ1n) is 7.89. The molecule has 1 aliphatic heterocycles. The summed E-state index contributed by atoms with van der Waals surface area (Å²) in [5.74, 6) is 2.37. The van der Waals surface area contributed by atoms with E-state index in [2.05, 4.69) is 28.5 Å². The van der Waals surface area contributed by atoms with Crippen molar-refractivity contribution in [1.82, 2.24) is 4.98 Å². The second kappa shape index (κ2) is 7.95. The Kier molecular flexibility index (Phi) is 5.45. The Morgan fingerprint density at radius 1 is 1.16 bits per heavy atom. The number of amides is 1. The van der Waals surface area contributed by atoms with Gasteiger partial charge in [0.15, 0.2) is 0 Å². The lowest BCUT2D eigenvalue weighted by molar-refractivity contribution is -0.115. The predicted molar refractivity (Wildman–Crippen MR) is 112 cm³/mol. The normalized spacial score (nSPS) is 14.7. The van der Waals surface area contributed by atoms with Crippen LogP contribution >= 0.6 is 46.2 Å². The number of thiophene rings is 1. The van der Waals surface area contributed by atoms with Gasteiger partial charge in [0, 0.05) is 22.6 Å². The number of nitrogens with zero attached hydrogens (tertiary/aromatic N) is 1. The van der Waals surface area contributed by atoms with Gasteiger partial charge >= 0.3 is 0 Å². The van der Waals surface area contributed by atoms with E-state index < -0.39 is 0 Å². The fraction of sp³-hybridized carbons (Fsp3) is 0.222. The SMILES string of the molecule is O=C(Cc1csc(-c2cccs2)n1)Nc1cccc(C2SCCS2)c1. The smallest absolute Gasteiger partial charge is 0.230 e. The van der Waals surface area contributed by atoms with E-state index in [0.717, 1.165) is 21.3 Å². The largest absolute Gasteiger partial charge is 0.326 e. The van der Waals surface area contributed by atoms with Crippen LogP contribution in [0.2, 0.25) is 0 Å². The van der Waals surface area contributed by atoms with Crippen molar-refractivity contribution in [3.8, 4) is 9.88 Å². The molecule has 3 aromatic rings. The van der Waals surface area contributed by atoms with Gasteiger partial charge in [-0.05, 0) is 29.1 Å². The zero-order chi connectivity index (χ0) is 17.1. The van der Waals surface area contributed by atoms with E-state index in [9.17, 15) is 4.79 Å². The number of aromatic nitrogens is 1. The first kappa shape index (κ1) is 17.1. The highest BCUT2D eigenvalue weighted by Gasteiger charge is 2.18. The molecule has 0 unspecified atom stereocenters. The van der Waals surface area contributed by atoms with Crippen molar-refractivity contribution in [3.63, 3.8) is 0 Å². The van der Waals surface area contributed by atoms with E-state index in [0.29, 0.717) is 11.0 Å². The number of hydrogen-bond acceptors (Lipinski definition) is 6. The summed E-state index contributed by atoms with van der Waals surface area (Å²) >= 11 is 7.20. The van der Waals surface area contributed by atoms with Crippen LogP contribution in [0.5, 0.6) is 0 Å². The van der Waals surface area contributed by atoms with Gasteiger partial charge in [0.2, 0.25) is 5.91 Å². The Hall–Kier alpha value is -1.28. The number of carbonyl (C=O) groups excluding carboxylic acids is 1. The summed E-state index contributed by atoms with van der Waals surface area (Å²) < 4.78 is 0.490. The molecule has 1 aliphatic rings. The van der Waals surface area contributed by atoms with Gasteiger partial charge in [-0.15, -0.1) is 46.2 Å². The fourth-order valence-corrected chi connectivity index (χ4v) is 7.06. The zero-order valence-corrected chi connectivity index (χ0v) is 16.6. The van der Waals surface area contributed by atoms with Crippen molar-refractivity contribution in [3.05, 3.63) is 58.4 Å². The third-order valence-electron chi connectivity index (χ3n) is 3.69. The average Bonchev–Trinajstić information content (AvgIpc) is 3.37. The van der Waals surface area contributed by atoms with Crippen LogP contribution in [0.25, 0.3) is 9.88 Å². The molecule has 0 aliphatic carbocycles. The summed E-state index contributed by atoms with van der Waals surface area (Å²) in [5, 5.41) is 8.00. The molecule has 3 heterocycles. The highest BCUT2D eigenvalue weighted by Crippen LogP contribution is 2.45. The maximum atomic E-state index is 12.4. The van der Waals surface area contributed by atoms with Crippen LogP contribution in [-0.4, -0.2) is 22.4 Å². The van der Waals surface area contributed by atoms with Crippen molar-refractivity contribution in [2.75, 3.05) is 16.8 Å². The molecule has 0 bridgehead atoms. The summed E-state index contributed by atoms with van der Waals surface area (Å²) in [6, 6.07) is 12.3. The van der Waals surface area contributed by atoms with Crippen molar-refractivity contribution >= 4 is 57.8 Å². The number of thioether (sulfide) groups is 2. The molecule has 1 fully saturated rings. The van der Waals surface area contributed by atoms with Crippen molar-refractivity contribution in [2.45, 2.75) is 11.0 Å². The second-order valence-electron chi connectivity index (χ2n) is 5.55. The summed E-state index contributed by atoms with van der Waals surface area (Å²) in [5.41, 5.74) is 2.97. The van der Waals surface area contributed by atoms with Crippen LogP contribution in [0, 0.1) is 0 Å². The lowest BCUT2D eigenvalue weighted by atomic mass is 10.2. The Bertz CT molecular complexity index is 854. The monoisotopic (exact) mass is 404 g/mol. The molecule has 1 aromatic carbocycles. The van der Waals surface area contributed by atoms with Crippen LogP contribution < -0.4 is 5.32 Å². The molecule has 1 N–H and O–H groups in total. The van der Waals surface area contributed by atoms with Gasteiger partial charge in [-0.25, -0.2) is 4.98 Å². The molecule has 4 rings (SSSR count).